The molecule has 1 aliphatic heterocycles. The summed E-state index contributed by atoms with van der Waals surface area (Å²) in [5.41, 5.74) is 0.742. The lowest BCUT2D eigenvalue weighted by molar-refractivity contribution is 0.0398. The smallest absolute Gasteiger partial charge is 0.244 e. The molecular formula is C15H19FN6O. The van der Waals surface area contributed by atoms with Crippen molar-refractivity contribution in [2.75, 3.05) is 50.0 Å². The summed E-state index contributed by atoms with van der Waals surface area (Å²) in [7, 11) is 0. The molecule has 3 rings (SSSR count). The maximum atomic E-state index is 12.9. The molecule has 1 aromatic carbocycles. The Kier molecular flexibility index (Phi) is 5.28. The van der Waals surface area contributed by atoms with Crippen LogP contribution >= 0.6 is 0 Å². The number of halogens is 1. The summed E-state index contributed by atoms with van der Waals surface area (Å²) in [5, 5.41) is 14.1. The van der Waals surface area contributed by atoms with Crippen molar-refractivity contribution in [3.8, 4) is 0 Å². The molecule has 23 heavy (non-hydrogen) atoms. The highest BCUT2D eigenvalue weighted by Gasteiger charge is 2.09. The highest BCUT2D eigenvalue weighted by molar-refractivity contribution is 5.55. The van der Waals surface area contributed by atoms with Gasteiger partial charge in [0.25, 0.3) is 0 Å². The number of anilines is 3. The van der Waals surface area contributed by atoms with E-state index in [1.165, 1.54) is 18.3 Å². The van der Waals surface area contributed by atoms with Gasteiger partial charge >= 0.3 is 0 Å². The Balaban J connectivity index is 1.51. The molecule has 7 nitrogen and oxygen atoms in total. The fraction of sp³-hybridized carbons (Fsp3) is 0.400. The molecule has 8 heteroatoms. The predicted molar refractivity (Wildman–Crippen MR) is 85.3 cm³/mol. The van der Waals surface area contributed by atoms with Crippen LogP contribution in [0.1, 0.15) is 0 Å². The zero-order valence-electron chi connectivity index (χ0n) is 12.7. The summed E-state index contributed by atoms with van der Waals surface area (Å²) >= 11 is 0. The maximum absolute atomic E-state index is 12.9. The predicted octanol–water partition coefficient (Wildman–Crippen LogP) is 1.50. The van der Waals surface area contributed by atoms with E-state index in [-0.39, 0.29) is 5.82 Å². The highest BCUT2D eigenvalue weighted by atomic mass is 19.1. The molecule has 122 valence electrons. The molecule has 0 unspecified atom stereocenters. The fourth-order valence-electron chi connectivity index (χ4n) is 2.27. The van der Waals surface area contributed by atoms with Crippen molar-refractivity contribution >= 4 is 17.5 Å². The lowest BCUT2D eigenvalue weighted by atomic mass is 10.3. The molecule has 1 aromatic heterocycles. The molecule has 1 saturated heterocycles. The number of nitrogens with zero attached hydrogens (tertiary/aromatic N) is 4. The Bertz CT molecular complexity index is 618. The Morgan fingerprint density at radius 3 is 2.74 bits per heavy atom. The molecule has 0 spiro atoms. The van der Waals surface area contributed by atoms with Gasteiger partial charge in [-0.2, -0.15) is 10.1 Å². The molecule has 0 atom stereocenters. The molecular weight excluding hydrogens is 299 g/mol. The third-order valence-corrected chi connectivity index (χ3v) is 3.49. The van der Waals surface area contributed by atoms with Crippen LogP contribution in [0.5, 0.6) is 0 Å². The number of benzene rings is 1. The van der Waals surface area contributed by atoms with Gasteiger partial charge in [0.05, 0.1) is 19.4 Å². The maximum Gasteiger partial charge on any atom is 0.244 e. The summed E-state index contributed by atoms with van der Waals surface area (Å²) in [4.78, 5) is 6.66. The SMILES string of the molecule is Fc1ccc(Nc2cnnc(NCCN3CCOCC3)n2)cc1. The van der Waals surface area contributed by atoms with Crippen molar-refractivity contribution in [3.05, 3.63) is 36.3 Å². The fourth-order valence-corrected chi connectivity index (χ4v) is 2.27. The van der Waals surface area contributed by atoms with Crippen LogP contribution in [0.25, 0.3) is 0 Å². The first-order valence-electron chi connectivity index (χ1n) is 7.56. The van der Waals surface area contributed by atoms with Gasteiger partial charge in [0.15, 0.2) is 5.82 Å². The second-order valence-electron chi connectivity index (χ2n) is 5.18. The normalized spacial score (nSPS) is 15.3. The average molecular weight is 318 g/mol. The van der Waals surface area contributed by atoms with Crippen LogP contribution in [-0.4, -0.2) is 59.5 Å². The van der Waals surface area contributed by atoms with Gasteiger partial charge in [-0.05, 0) is 24.3 Å². The van der Waals surface area contributed by atoms with E-state index in [2.05, 4.69) is 30.7 Å². The van der Waals surface area contributed by atoms with E-state index in [0.717, 1.165) is 45.1 Å². The highest BCUT2D eigenvalue weighted by Crippen LogP contribution is 2.14. The zero-order valence-corrected chi connectivity index (χ0v) is 12.7. The van der Waals surface area contributed by atoms with Crippen molar-refractivity contribution < 1.29 is 9.13 Å². The van der Waals surface area contributed by atoms with E-state index < -0.39 is 0 Å². The second kappa shape index (κ2) is 7.80. The van der Waals surface area contributed by atoms with Crippen molar-refractivity contribution in [3.63, 3.8) is 0 Å². The van der Waals surface area contributed by atoms with Crippen LogP contribution in [0.15, 0.2) is 30.5 Å². The van der Waals surface area contributed by atoms with Gasteiger partial charge in [-0.25, -0.2) is 4.39 Å². The van der Waals surface area contributed by atoms with Crippen LogP contribution < -0.4 is 10.6 Å². The Hall–Kier alpha value is -2.32. The Labute approximate surface area is 133 Å². The van der Waals surface area contributed by atoms with Gasteiger partial charge in [-0.15, -0.1) is 5.10 Å². The molecule has 0 bridgehead atoms. The van der Waals surface area contributed by atoms with Gasteiger partial charge in [0.2, 0.25) is 5.95 Å². The molecule has 0 aliphatic carbocycles. The van der Waals surface area contributed by atoms with E-state index in [0.29, 0.717) is 11.8 Å². The number of morpholine rings is 1. The lowest BCUT2D eigenvalue weighted by Gasteiger charge is -2.26. The molecule has 0 saturated carbocycles. The topological polar surface area (TPSA) is 75.2 Å². The number of ether oxygens (including phenoxy) is 1. The van der Waals surface area contributed by atoms with E-state index in [4.69, 9.17) is 4.74 Å². The van der Waals surface area contributed by atoms with E-state index in [9.17, 15) is 4.39 Å². The van der Waals surface area contributed by atoms with Crippen molar-refractivity contribution in [2.45, 2.75) is 0 Å². The van der Waals surface area contributed by atoms with E-state index >= 15 is 0 Å². The number of hydrogen-bond donors (Lipinski definition) is 2. The Morgan fingerprint density at radius 1 is 1.17 bits per heavy atom. The average Bonchev–Trinajstić information content (AvgIpc) is 2.58. The Morgan fingerprint density at radius 2 is 1.96 bits per heavy atom. The van der Waals surface area contributed by atoms with Gasteiger partial charge in [0, 0.05) is 31.9 Å². The second-order valence-corrected chi connectivity index (χ2v) is 5.18. The summed E-state index contributed by atoms with van der Waals surface area (Å²) in [6.45, 7) is 5.12. The monoisotopic (exact) mass is 318 g/mol. The summed E-state index contributed by atoms with van der Waals surface area (Å²) in [6, 6.07) is 6.06. The molecule has 1 fully saturated rings. The molecule has 0 radical (unpaired) electrons. The molecule has 1 aliphatic rings. The number of aromatic nitrogens is 3. The summed E-state index contributed by atoms with van der Waals surface area (Å²) in [6.07, 6.45) is 1.52. The van der Waals surface area contributed by atoms with Crippen molar-refractivity contribution in [2.24, 2.45) is 0 Å². The van der Waals surface area contributed by atoms with Gasteiger partial charge in [-0.3, -0.25) is 4.90 Å². The first kappa shape index (κ1) is 15.6. The minimum Gasteiger partial charge on any atom is -0.379 e. The standard InChI is InChI=1S/C15H19FN6O/c16-12-1-3-13(4-2-12)19-14-11-18-21-15(20-14)17-5-6-22-7-9-23-10-8-22/h1-4,11H,5-10H2,(H2,17,19,20,21). The van der Waals surface area contributed by atoms with Crippen LogP contribution in [0.2, 0.25) is 0 Å². The van der Waals surface area contributed by atoms with Gasteiger partial charge in [-0.1, -0.05) is 0 Å². The summed E-state index contributed by atoms with van der Waals surface area (Å²) in [5.74, 6) is 0.743. The third kappa shape index (κ3) is 4.83. The van der Waals surface area contributed by atoms with Gasteiger partial charge < -0.3 is 15.4 Å². The minimum atomic E-state index is -0.276. The molecule has 2 heterocycles. The summed E-state index contributed by atoms with van der Waals surface area (Å²) < 4.78 is 18.2. The zero-order chi connectivity index (χ0) is 15.9. The molecule has 0 amide bonds. The van der Waals surface area contributed by atoms with Crippen LogP contribution in [-0.2, 0) is 4.74 Å². The third-order valence-electron chi connectivity index (χ3n) is 3.49. The van der Waals surface area contributed by atoms with Crippen molar-refractivity contribution in [1.29, 1.82) is 0 Å². The van der Waals surface area contributed by atoms with E-state index in [1.54, 1.807) is 12.1 Å². The van der Waals surface area contributed by atoms with Gasteiger partial charge in [0.1, 0.15) is 5.82 Å². The van der Waals surface area contributed by atoms with Crippen LogP contribution in [0.3, 0.4) is 0 Å². The molecule has 2 N–H and O–H groups in total. The number of nitrogens with one attached hydrogen (secondary N) is 2. The number of rotatable bonds is 6. The first-order chi connectivity index (χ1) is 11.3. The first-order valence-corrected chi connectivity index (χ1v) is 7.56. The largest absolute Gasteiger partial charge is 0.379 e. The molecule has 2 aromatic rings. The quantitative estimate of drug-likeness (QED) is 0.836. The van der Waals surface area contributed by atoms with Crippen LogP contribution in [0.4, 0.5) is 21.8 Å². The van der Waals surface area contributed by atoms with Crippen LogP contribution in [0, 0.1) is 5.82 Å². The number of hydrogen-bond acceptors (Lipinski definition) is 7. The van der Waals surface area contributed by atoms with Crippen molar-refractivity contribution in [1.82, 2.24) is 20.1 Å². The lowest BCUT2D eigenvalue weighted by Crippen LogP contribution is -2.39. The van der Waals surface area contributed by atoms with E-state index in [1.807, 2.05) is 0 Å². The minimum absolute atomic E-state index is 0.276.